The minimum Gasteiger partial charge on any atom is -0.497 e. The number of ether oxygens (including phenoxy) is 1. The first kappa shape index (κ1) is 28.6. The van der Waals surface area contributed by atoms with Crippen molar-refractivity contribution in [3.05, 3.63) is 87.6 Å². The summed E-state index contributed by atoms with van der Waals surface area (Å²) in [5.41, 5.74) is 0.275. The molecule has 1 saturated heterocycles. The number of methoxy groups -OCH3 is 1. The number of aromatic nitrogens is 1. The molecular formula is C28H24ClF5N4O3. The van der Waals surface area contributed by atoms with Gasteiger partial charge in [-0.25, -0.2) is 18.6 Å². The molecule has 1 aliphatic heterocycles. The third-order valence-electron chi connectivity index (χ3n) is 7.34. The lowest BCUT2D eigenvalue weighted by Gasteiger charge is -2.27. The Labute approximate surface area is 236 Å². The maximum Gasteiger partial charge on any atom is 0.419 e. The normalized spacial score (nSPS) is 20.5. The zero-order valence-corrected chi connectivity index (χ0v) is 22.3. The highest BCUT2D eigenvalue weighted by Gasteiger charge is 2.48. The second-order valence-electron chi connectivity index (χ2n) is 9.88. The lowest BCUT2D eigenvalue weighted by molar-refractivity contribution is -0.137. The van der Waals surface area contributed by atoms with Gasteiger partial charge in [0.1, 0.15) is 29.2 Å². The average Bonchev–Trinajstić information content (AvgIpc) is 3.22. The molecule has 1 fully saturated rings. The van der Waals surface area contributed by atoms with Crippen molar-refractivity contribution in [2.75, 3.05) is 18.6 Å². The molecule has 2 heterocycles. The van der Waals surface area contributed by atoms with Crippen LogP contribution in [0.25, 0.3) is 0 Å². The lowest BCUT2D eigenvalue weighted by Crippen LogP contribution is -2.51. The topological polar surface area (TPSA) is 83.6 Å². The van der Waals surface area contributed by atoms with E-state index >= 15 is 8.78 Å². The second-order valence-corrected chi connectivity index (χ2v) is 10.3. The zero-order valence-electron chi connectivity index (χ0n) is 21.6. The highest BCUT2D eigenvalue weighted by Crippen LogP contribution is 2.40. The van der Waals surface area contributed by atoms with Crippen LogP contribution in [-0.4, -0.2) is 42.7 Å². The number of urea groups is 1. The summed E-state index contributed by atoms with van der Waals surface area (Å²) in [6, 6.07) is 6.35. The number of hydrogen-bond donors (Lipinski definition) is 2. The van der Waals surface area contributed by atoms with Gasteiger partial charge < -0.3 is 15.4 Å². The van der Waals surface area contributed by atoms with Crippen LogP contribution in [0.15, 0.2) is 48.7 Å². The second kappa shape index (κ2) is 11.2. The largest absolute Gasteiger partial charge is 0.497 e. The van der Waals surface area contributed by atoms with Crippen molar-refractivity contribution in [3.63, 3.8) is 0 Å². The molecule has 13 heteroatoms. The predicted molar refractivity (Wildman–Crippen MR) is 140 cm³/mol. The number of anilines is 1. The molecular weight excluding hydrogens is 571 g/mol. The molecule has 2 aliphatic rings. The SMILES string of the molecule is COc1cc(F)c([C@@H]2CN(c3ncccc3C(F)(F)F)C(=O)C2NC(=O)NC2CCc3cc(Cl)ccc3C2)c(F)c1. The van der Waals surface area contributed by atoms with Crippen LogP contribution in [0.3, 0.4) is 0 Å². The van der Waals surface area contributed by atoms with E-state index < -0.39 is 65.2 Å². The van der Waals surface area contributed by atoms with Crippen molar-refractivity contribution in [2.24, 2.45) is 0 Å². The molecule has 3 atom stereocenters. The molecule has 5 rings (SSSR count). The van der Waals surface area contributed by atoms with E-state index in [9.17, 15) is 22.8 Å². The summed E-state index contributed by atoms with van der Waals surface area (Å²) >= 11 is 6.06. The summed E-state index contributed by atoms with van der Waals surface area (Å²) in [4.78, 5) is 31.1. The van der Waals surface area contributed by atoms with Crippen molar-refractivity contribution < 1.29 is 36.3 Å². The molecule has 1 aliphatic carbocycles. The Balaban J connectivity index is 1.44. The number of hydrogen-bond acceptors (Lipinski definition) is 4. The monoisotopic (exact) mass is 594 g/mol. The number of fused-ring (bicyclic) bond motifs is 1. The molecule has 0 spiro atoms. The Morgan fingerprint density at radius 1 is 1.10 bits per heavy atom. The molecule has 216 valence electrons. The van der Waals surface area contributed by atoms with Crippen molar-refractivity contribution in [3.8, 4) is 5.75 Å². The first-order valence-electron chi connectivity index (χ1n) is 12.7. The molecule has 0 bridgehead atoms. The van der Waals surface area contributed by atoms with Crippen molar-refractivity contribution in [1.29, 1.82) is 0 Å². The van der Waals surface area contributed by atoms with E-state index in [4.69, 9.17) is 16.3 Å². The summed E-state index contributed by atoms with van der Waals surface area (Å²) < 4.78 is 76.4. The molecule has 3 amide bonds. The number of nitrogens with one attached hydrogen (secondary N) is 2. The van der Waals surface area contributed by atoms with Gasteiger partial charge in [0.2, 0.25) is 0 Å². The smallest absolute Gasteiger partial charge is 0.419 e. The third-order valence-corrected chi connectivity index (χ3v) is 7.57. The number of halogens is 6. The van der Waals surface area contributed by atoms with E-state index in [-0.39, 0.29) is 11.8 Å². The maximum atomic E-state index is 15.1. The fourth-order valence-corrected chi connectivity index (χ4v) is 5.62. The molecule has 41 heavy (non-hydrogen) atoms. The van der Waals surface area contributed by atoms with Crippen LogP contribution in [0, 0.1) is 11.6 Å². The maximum absolute atomic E-state index is 15.1. The number of benzene rings is 2. The Kier molecular flexibility index (Phi) is 7.78. The summed E-state index contributed by atoms with van der Waals surface area (Å²) in [6.07, 6.45) is -2.09. The fourth-order valence-electron chi connectivity index (χ4n) is 5.42. The van der Waals surface area contributed by atoms with Gasteiger partial charge in [-0.15, -0.1) is 0 Å². The van der Waals surface area contributed by atoms with Gasteiger partial charge in [0.15, 0.2) is 0 Å². The van der Waals surface area contributed by atoms with Gasteiger partial charge >= 0.3 is 12.2 Å². The van der Waals surface area contributed by atoms with Gasteiger partial charge in [-0.1, -0.05) is 17.7 Å². The number of alkyl halides is 3. The van der Waals surface area contributed by atoms with E-state index in [0.29, 0.717) is 29.2 Å². The molecule has 2 N–H and O–H groups in total. The summed E-state index contributed by atoms with van der Waals surface area (Å²) in [6.45, 7) is -0.568. The third kappa shape index (κ3) is 5.79. The lowest BCUT2D eigenvalue weighted by atomic mass is 9.88. The number of rotatable bonds is 5. The number of carbonyl (C=O) groups is 2. The molecule has 7 nitrogen and oxygen atoms in total. The van der Waals surface area contributed by atoms with Crippen molar-refractivity contribution in [1.82, 2.24) is 15.6 Å². The summed E-state index contributed by atoms with van der Waals surface area (Å²) in [5, 5.41) is 5.84. The van der Waals surface area contributed by atoms with Crippen LogP contribution >= 0.6 is 11.6 Å². The van der Waals surface area contributed by atoms with Crippen LogP contribution in [-0.2, 0) is 23.8 Å². The first-order chi connectivity index (χ1) is 19.5. The van der Waals surface area contributed by atoms with Crippen LogP contribution < -0.4 is 20.3 Å². The first-order valence-corrected chi connectivity index (χ1v) is 13.0. The zero-order chi connectivity index (χ0) is 29.5. The Bertz CT molecular complexity index is 1480. The van der Waals surface area contributed by atoms with Gasteiger partial charge in [0, 0.05) is 47.4 Å². The van der Waals surface area contributed by atoms with Crippen LogP contribution in [0.2, 0.25) is 5.02 Å². The predicted octanol–water partition coefficient (Wildman–Crippen LogP) is 5.40. The summed E-state index contributed by atoms with van der Waals surface area (Å²) in [7, 11) is 1.21. The van der Waals surface area contributed by atoms with E-state index in [1.54, 1.807) is 6.07 Å². The van der Waals surface area contributed by atoms with Gasteiger partial charge in [0.25, 0.3) is 5.91 Å². The number of amides is 3. The minimum absolute atomic E-state index is 0.130. The van der Waals surface area contributed by atoms with Crippen LogP contribution in [0.1, 0.15) is 34.6 Å². The molecule has 1 aromatic heterocycles. The van der Waals surface area contributed by atoms with Gasteiger partial charge in [0.05, 0.1) is 12.7 Å². The Morgan fingerprint density at radius 2 is 1.83 bits per heavy atom. The Morgan fingerprint density at radius 3 is 2.51 bits per heavy atom. The quantitative estimate of drug-likeness (QED) is 0.388. The van der Waals surface area contributed by atoms with Crippen molar-refractivity contribution in [2.45, 2.75) is 43.4 Å². The van der Waals surface area contributed by atoms with Gasteiger partial charge in [-0.3, -0.25) is 9.69 Å². The molecule has 0 radical (unpaired) electrons. The molecule has 2 unspecified atom stereocenters. The van der Waals surface area contributed by atoms with E-state index in [1.165, 1.54) is 7.11 Å². The van der Waals surface area contributed by atoms with Gasteiger partial charge in [-0.05, 0) is 54.7 Å². The number of pyridine rings is 1. The standard InChI is InChI=1S/C28H24ClF5N4O3/c1-41-18-11-21(30)23(22(31)12-18)19-13-38(25-20(28(32,33)34)3-2-8-35-25)26(39)24(19)37-27(40)36-17-7-5-14-9-16(29)6-4-15(14)10-17/h2-4,6,8-9,11-12,17,19,24H,5,7,10,13H2,1H3,(H2,36,37,40)/t17?,19-,24?/m0/s1. The molecule has 0 saturated carbocycles. The van der Waals surface area contributed by atoms with Crippen molar-refractivity contribution >= 4 is 29.4 Å². The summed E-state index contributed by atoms with van der Waals surface area (Å²) in [5.74, 6) is -5.38. The van der Waals surface area contributed by atoms with Crippen LogP contribution in [0.5, 0.6) is 5.75 Å². The number of carbonyl (C=O) groups excluding carboxylic acids is 2. The highest BCUT2D eigenvalue weighted by atomic mass is 35.5. The number of nitrogens with zero attached hydrogens (tertiary/aromatic N) is 2. The van der Waals surface area contributed by atoms with Gasteiger partial charge in [-0.2, -0.15) is 13.2 Å². The van der Waals surface area contributed by atoms with Crippen LogP contribution in [0.4, 0.5) is 32.6 Å². The van der Waals surface area contributed by atoms with E-state index in [0.717, 1.165) is 41.6 Å². The fraction of sp³-hybridized carbons (Fsp3) is 0.321. The average molecular weight is 595 g/mol. The minimum atomic E-state index is -4.86. The molecule has 3 aromatic rings. The van der Waals surface area contributed by atoms with E-state index in [2.05, 4.69) is 15.6 Å². The number of aryl methyl sites for hydroxylation is 1. The Hall–Kier alpha value is -3.93. The highest BCUT2D eigenvalue weighted by molar-refractivity contribution is 6.30. The molecule has 2 aromatic carbocycles. The van der Waals surface area contributed by atoms with E-state index in [1.807, 2.05) is 12.1 Å².